The minimum atomic E-state index is -0.865. The molecule has 3 aromatic heterocycles. The molecule has 0 aliphatic rings. The van der Waals surface area contributed by atoms with Gasteiger partial charge in [0.25, 0.3) is 0 Å². The van der Waals surface area contributed by atoms with Crippen LogP contribution in [0.3, 0.4) is 0 Å². The third kappa shape index (κ3) is 5.50. The standard InChI is InChI=1S/C50H32N2S/c1-4-14-33(15-5-1)45-46(50(37-18-8-3-9-19-37)53-49(45)36-16-6-2-7-17-36)39-21-12-20-38(32-39)40-28-29-43(42-24-11-10-23-41(40)42)44-30-27-35-26-25-34-22-13-31-51-47(34)48(35)52-44/h1-32H/i1D,2D,3D,4D,5D,6D,7D,8D,9D,12D,14D,15D,16D,17D,18D,19D,20D,21D,32D. The van der Waals surface area contributed by atoms with Crippen molar-refractivity contribution in [3.05, 3.63) is 194 Å². The van der Waals surface area contributed by atoms with Crippen molar-refractivity contribution in [2.45, 2.75) is 0 Å². The zero-order chi connectivity index (χ0) is 51.7. The van der Waals surface area contributed by atoms with Crippen molar-refractivity contribution in [1.82, 2.24) is 9.97 Å². The van der Waals surface area contributed by atoms with Crippen LogP contribution in [0.5, 0.6) is 0 Å². The lowest BCUT2D eigenvalue weighted by atomic mass is 9.89. The van der Waals surface area contributed by atoms with Crippen molar-refractivity contribution in [2.24, 2.45) is 0 Å². The number of nitrogens with zero attached hydrogens (tertiary/aromatic N) is 2. The number of aromatic nitrogens is 2. The van der Waals surface area contributed by atoms with Crippen molar-refractivity contribution in [1.29, 1.82) is 0 Å². The molecule has 0 radical (unpaired) electrons. The van der Waals surface area contributed by atoms with E-state index in [0.29, 0.717) is 44.4 Å². The lowest BCUT2D eigenvalue weighted by molar-refractivity contribution is 1.37. The van der Waals surface area contributed by atoms with Crippen molar-refractivity contribution in [2.75, 3.05) is 0 Å². The van der Waals surface area contributed by atoms with Crippen LogP contribution in [0.15, 0.2) is 194 Å². The van der Waals surface area contributed by atoms with Gasteiger partial charge in [0.2, 0.25) is 0 Å². The molecule has 0 N–H and O–H groups in total. The van der Waals surface area contributed by atoms with Crippen LogP contribution in [0.25, 0.3) is 98.1 Å². The second-order valence-corrected chi connectivity index (χ2v) is 12.9. The largest absolute Gasteiger partial charge is 0.254 e. The Morgan fingerprint density at radius 3 is 1.68 bits per heavy atom. The molecular weight excluding hydrogens is 661 g/mol. The zero-order valence-electron chi connectivity index (χ0n) is 46.3. The average Bonchev–Trinajstić information content (AvgIpc) is 3.74. The Morgan fingerprint density at radius 1 is 0.434 bits per heavy atom. The minimum Gasteiger partial charge on any atom is -0.254 e. The first-order chi connectivity index (χ1) is 34.2. The Bertz CT molecular complexity index is 3970. The third-order valence-corrected chi connectivity index (χ3v) is 10.1. The van der Waals surface area contributed by atoms with Gasteiger partial charge in [0, 0.05) is 43.4 Å². The number of fused-ring (bicyclic) bond motifs is 4. The van der Waals surface area contributed by atoms with Crippen LogP contribution in [0.4, 0.5) is 0 Å². The van der Waals surface area contributed by atoms with E-state index in [1.807, 2.05) is 42.5 Å². The highest BCUT2D eigenvalue weighted by atomic mass is 32.1. The summed E-state index contributed by atoms with van der Waals surface area (Å²) in [6.07, 6.45) is 1.68. The molecule has 0 saturated carbocycles. The lowest BCUT2D eigenvalue weighted by Crippen LogP contribution is -1.91. The molecule has 2 nitrogen and oxygen atoms in total. The van der Waals surface area contributed by atoms with Gasteiger partial charge in [-0.25, -0.2) is 4.98 Å². The maximum absolute atomic E-state index is 10.1. The lowest BCUT2D eigenvalue weighted by Gasteiger charge is -2.15. The van der Waals surface area contributed by atoms with Gasteiger partial charge in [0.1, 0.15) is 0 Å². The van der Waals surface area contributed by atoms with Gasteiger partial charge in [-0.1, -0.05) is 169 Å². The highest BCUT2D eigenvalue weighted by molar-refractivity contribution is 7.20. The SMILES string of the molecule is [2H]c1c([2H])c([2H])c(-c2sc(-c3c([2H])c([2H])c([2H])c([2H])c3[2H])c(-c3c([2H])c([2H])c([2H])c(-c4ccc(-c5ccc6ccc7cccnc7c6n5)c5ccccc45)c3[2H])c2-c2c([2H])c([2H])c([2H])c([2H])c2[2H])c([2H])c1[2H]. The van der Waals surface area contributed by atoms with Gasteiger partial charge in [0.05, 0.1) is 42.8 Å². The summed E-state index contributed by atoms with van der Waals surface area (Å²) in [5.41, 5.74) is -0.743. The highest BCUT2D eigenvalue weighted by Gasteiger charge is 2.23. The molecule has 0 fully saturated rings. The normalized spacial score (nSPS) is 16.4. The quantitative estimate of drug-likeness (QED) is 0.161. The van der Waals surface area contributed by atoms with E-state index >= 15 is 0 Å². The van der Waals surface area contributed by atoms with Gasteiger partial charge < -0.3 is 0 Å². The molecule has 0 bridgehead atoms. The molecule has 7 aromatic carbocycles. The van der Waals surface area contributed by atoms with Crippen molar-refractivity contribution in [3.63, 3.8) is 0 Å². The van der Waals surface area contributed by atoms with E-state index < -0.39 is 153 Å². The molecule has 0 atom stereocenters. The molecule has 10 rings (SSSR count). The van der Waals surface area contributed by atoms with Crippen LogP contribution in [-0.4, -0.2) is 9.97 Å². The van der Waals surface area contributed by atoms with Gasteiger partial charge in [-0.15, -0.1) is 11.3 Å². The molecule has 0 amide bonds. The van der Waals surface area contributed by atoms with Crippen LogP contribution in [0.2, 0.25) is 0 Å². The Kier molecular flexibility index (Phi) is 4.27. The fourth-order valence-corrected chi connectivity index (χ4v) is 7.80. The molecular formula is C50H32N2S. The summed E-state index contributed by atoms with van der Waals surface area (Å²) < 4.78 is 171. The summed E-state index contributed by atoms with van der Waals surface area (Å²) in [6.45, 7) is 0. The number of thiophene rings is 1. The maximum Gasteiger partial charge on any atom is 0.0972 e. The first kappa shape index (κ1) is 17.2. The fourth-order valence-electron chi connectivity index (χ4n) is 6.58. The smallest absolute Gasteiger partial charge is 0.0972 e. The topological polar surface area (TPSA) is 25.8 Å². The third-order valence-electron chi connectivity index (χ3n) is 8.89. The average molecular weight is 712 g/mol. The van der Waals surface area contributed by atoms with E-state index in [0.717, 1.165) is 10.8 Å². The van der Waals surface area contributed by atoms with Crippen LogP contribution in [0, 0.1) is 0 Å². The molecule has 3 heterocycles. The van der Waals surface area contributed by atoms with E-state index in [4.69, 9.17) is 22.8 Å². The number of hydrogen-bond donors (Lipinski definition) is 0. The van der Waals surface area contributed by atoms with Crippen LogP contribution < -0.4 is 0 Å². The van der Waals surface area contributed by atoms with E-state index in [9.17, 15) is 8.22 Å². The minimum absolute atomic E-state index is 0.218. The monoisotopic (exact) mass is 711 g/mol. The van der Waals surface area contributed by atoms with Crippen molar-refractivity contribution < 1.29 is 26.0 Å². The van der Waals surface area contributed by atoms with E-state index in [2.05, 4.69) is 4.98 Å². The Hall–Kier alpha value is -6.68. The van der Waals surface area contributed by atoms with Crippen LogP contribution in [-0.2, 0) is 0 Å². The summed E-state index contributed by atoms with van der Waals surface area (Å²) in [5, 5.41) is 2.82. The Labute approximate surface area is 339 Å². The predicted molar refractivity (Wildman–Crippen MR) is 225 cm³/mol. The first-order valence-electron chi connectivity index (χ1n) is 25.9. The van der Waals surface area contributed by atoms with E-state index in [1.54, 1.807) is 36.5 Å². The summed E-state index contributed by atoms with van der Waals surface area (Å²) in [7, 11) is 0. The number of rotatable bonds is 6. The van der Waals surface area contributed by atoms with Gasteiger partial charge in [-0.05, 0) is 62.3 Å². The molecule has 0 spiro atoms. The summed E-state index contributed by atoms with van der Waals surface area (Å²) in [4.78, 5) is 8.85. The first-order valence-corrected chi connectivity index (χ1v) is 17.2. The van der Waals surface area contributed by atoms with E-state index in [-0.39, 0.29) is 16.0 Å². The molecule has 0 aliphatic carbocycles. The highest BCUT2D eigenvalue weighted by Crippen LogP contribution is 2.52. The Balaban J connectivity index is 1.37. The van der Waals surface area contributed by atoms with E-state index in [1.165, 1.54) is 0 Å². The molecule has 10 aromatic rings. The van der Waals surface area contributed by atoms with Crippen LogP contribution >= 0.6 is 11.3 Å². The second kappa shape index (κ2) is 13.1. The number of benzene rings is 7. The van der Waals surface area contributed by atoms with Gasteiger partial charge in [0.15, 0.2) is 0 Å². The zero-order valence-corrected chi connectivity index (χ0v) is 28.1. The van der Waals surface area contributed by atoms with Crippen molar-refractivity contribution >= 4 is 43.9 Å². The molecule has 0 saturated heterocycles. The maximum atomic E-state index is 10.1. The summed E-state index contributed by atoms with van der Waals surface area (Å²) >= 11 is 0.493. The summed E-state index contributed by atoms with van der Waals surface area (Å²) in [6, 6.07) is 6.68. The molecule has 0 unspecified atom stereocenters. The summed E-state index contributed by atoms with van der Waals surface area (Å²) in [5.74, 6) is 0. The van der Waals surface area contributed by atoms with Gasteiger partial charge in [-0.2, -0.15) is 0 Å². The number of pyridine rings is 2. The van der Waals surface area contributed by atoms with Crippen molar-refractivity contribution in [3.8, 4) is 65.5 Å². The molecule has 0 aliphatic heterocycles. The number of hydrogen-bond acceptors (Lipinski definition) is 3. The Morgan fingerprint density at radius 2 is 0.981 bits per heavy atom. The van der Waals surface area contributed by atoms with Gasteiger partial charge >= 0.3 is 0 Å². The van der Waals surface area contributed by atoms with Gasteiger partial charge in [-0.3, -0.25) is 4.98 Å². The molecule has 3 heteroatoms. The fraction of sp³-hybridized carbons (Fsp3) is 0. The molecule has 53 heavy (non-hydrogen) atoms. The second-order valence-electron chi connectivity index (χ2n) is 11.9. The molecule has 248 valence electrons. The predicted octanol–water partition coefficient (Wildman–Crippen LogP) is 14.0. The van der Waals surface area contributed by atoms with Crippen LogP contribution in [0.1, 0.15) is 26.0 Å².